The fourth-order valence-electron chi connectivity index (χ4n) is 1.98. The van der Waals surface area contributed by atoms with Crippen LogP contribution in [0.4, 0.5) is 0 Å². The molecule has 0 saturated heterocycles. The fourth-order valence-corrected chi connectivity index (χ4v) is 1.98. The second-order valence-corrected chi connectivity index (χ2v) is 5.77. The lowest BCUT2D eigenvalue weighted by Gasteiger charge is -2.24. The van der Waals surface area contributed by atoms with Crippen LogP contribution in [0.1, 0.15) is 41.5 Å². The maximum atomic E-state index is 8.25. The SMILES string of the molecule is CC(C)C[NH+](CC(C)C)CC(C)C.O=[N+]([O-])[O-]. The Balaban J connectivity index is 0. The molecule has 17 heavy (non-hydrogen) atoms. The molecule has 0 aromatic heterocycles. The number of hydrogen-bond acceptors (Lipinski definition) is 3. The summed E-state index contributed by atoms with van der Waals surface area (Å²) < 4.78 is 0. The molecule has 0 aliphatic heterocycles. The van der Waals surface area contributed by atoms with Crippen molar-refractivity contribution in [1.29, 1.82) is 0 Å². The third-order valence-electron chi connectivity index (χ3n) is 2.09. The molecule has 0 heterocycles. The van der Waals surface area contributed by atoms with Gasteiger partial charge in [0, 0.05) is 17.8 Å². The highest BCUT2D eigenvalue weighted by Crippen LogP contribution is 1.91. The van der Waals surface area contributed by atoms with Gasteiger partial charge in [-0.1, -0.05) is 41.5 Å². The molecule has 5 nitrogen and oxygen atoms in total. The van der Waals surface area contributed by atoms with E-state index in [1.807, 2.05) is 0 Å². The molecule has 0 aliphatic rings. The van der Waals surface area contributed by atoms with Gasteiger partial charge in [-0.3, -0.25) is 0 Å². The normalized spacial score (nSPS) is 10.9. The molecular formula is C12H28N2O3. The van der Waals surface area contributed by atoms with Crippen LogP contribution in [0.15, 0.2) is 0 Å². The third kappa shape index (κ3) is 21.1. The van der Waals surface area contributed by atoms with E-state index in [2.05, 4.69) is 41.5 Å². The van der Waals surface area contributed by atoms with Crippen molar-refractivity contribution < 1.29 is 9.99 Å². The molecule has 0 unspecified atom stereocenters. The number of nitrogens with zero attached hydrogens (tertiary/aromatic N) is 1. The lowest BCUT2D eigenvalue weighted by molar-refractivity contribution is -0.909. The molecule has 0 spiro atoms. The van der Waals surface area contributed by atoms with E-state index in [1.54, 1.807) is 4.90 Å². The zero-order valence-electron chi connectivity index (χ0n) is 12.0. The lowest BCUT2D eigenvalue weighted by atomic mass is 10.1. The molecular weight excluding hydrogens is 220 g/mol. The van der Waals surface area contributed by atoms with Gasteiger partial charge in [0.15, 0.2) is 0 Å². The van der Waals surface area contributed by atoms with E-state index in [9.17, 15) is 0 Å². The summed E-state index contributed by atoms with van der Waals surface area (Å²) in [4.78, 5) is 10.0. The van der Waals surface area contributed by atoms with Gasteiger partial charge < -0.3 is 20.2 Å². The smallest absolute Gasteiger partial charge is 0.0794 e. The molecule has 0 aliphatic carbocycles. The van der Waals surface area contributed by atoms with Crippen LogP contribution in [-0.2, 0) is 0 Å². The first-order valence-electron chi connectivity index (χ1n) is 6.30. The van der Waals surface area contributed by atoms with Gasteiger partial charge in [0.25, 0.3) is 0 Å². The van der Waals surface area contributed by atoms with E-state index in [4.69, 9.17) is 15.3 Å². The van der Waals surface area contributed by atoms with Crippen LogP contribution in [0.3, 0.4) is 0 Å². The average molecular weight is 248 g/mol. The van der Waals surface area contributed by atoms with Crippen LogP contribution in [0.2, 0.25) is 0 Å². The van der Waals surface area contributed by atoms with Crippen molar-refractivity contribution >= 4 is 0 Å². The van der Waals surface area contributed by atoms with E-state index in [0.29, 0.717) is 0 Å². The molecule has 0 rings (SSSR count). The molecule has 0 saturated carbocycles. The largest absolute Gasteiger partial charge is 0.356 e. The quantitative estimate of drug-likeness (QED) is 0.573. The standard InChI is InChI=1S/C12H27N.NO3/c1-10(2)7-13(8-11(3)4)9-12(5)6;2-1(3)4/h10-12H,7-9H2,1-6H3;/q;-1/p+1. The van der Waals surface area contributed by atoms with Gasteiger partial charge in [-0.25, -0.2) is 0 Å². The molecule has 104 valence electrons. The van der Waals surface area contributed by atoms with Crippen LogP contribution in [-0.4, -0.2) is 24.7 Å². The first-order valence-corrected chi connectivity index (χ1v) is 6.30. The van der Waals surface area contributed by atoms with Crippen molar-refractivity contribution in [2.45, 2.75) is 41.5 Å². The minimum atomic E-state index is -1.75. The Morgan fingerprint density at radius 1 is 0.824 bits per heavy atom. The summed E-state index contributed by atoms with van der Waals surface area (Å²) in [6.45, 7) is 17.9. The molecule has 0 aromatic rings. The van der Waals surface area contributed by atoms with Gasteiger partial charge in [-0.2, -0.15) is 0 Å². The zero-order valence-corrected chi connectivity index (χ0v) is 12.0. The summed E-state index contributed by atoms with van der Waals surface area (Å²) in [5, 5.41) is 14.8. The van der Waals surface area contributed by atoms with Crippen molar-refractivity contribution in [3.8, 4) is 0 Å². The van der Waals surface area contributed by atoms with Gasteiger partial charge in [-0.15, -0.1) is 0 Å². The topological polar surface area (TPSA) is 70.6 Å². The van der Waals surface area contributed by atoms with Crippen molar-refractivity contribution in [3.63, 3.8) is 0 Å². The number of quaternary nitrogens is 1. The monoisotopic (exact) mass is 248 g/mol. The third-order valence-corrected chi connectivity index (χ3v) is 2.09. The Morgan fingerprint density at radius 2 is 1.00 bits per heavy atom. The summed E-state index contributed by atoms with van der Waals surface area (Å²) in [7, 11) is 0. The van der Waals surface area contributed by atoms with Gasteiger partial charge in [0.1, 0.15) is 0 Å². The number of nitrogens with one attached hydrogen (secondary N) is 1. The zero-order chi connectivity index (χ0) is 14.0. The van der Waals surface area contributed by atoms with Crippen molar-refractivity contribution in [3.05, 3.63) is 15.3 Å². The molecule has 0 aromatic carbocycles. The van der Waals surface area contributed by atoms with Crippen LogP contribution in [0.5, 0.6) is 0 Å². The van der Waals surface area contributed by atoms with E-state index in [1.165, 1.54) is 19.6 Å². The van der Waals surface area contributed by atoms with E-state index in [0.717, 1.165) is 17.8 Å². The summed E-state index contributed by atoms with van der Waals surface area (Å²) in [5.74, 6) is 2.48. The molecule has 1 N–H and O–H groups in total. The van der Waals surface area contributed by atoms with E-state index in [-0.39, 0.29) is 0 Å². The summed E-state index contributed by atoms with van der Waals surface area (Å²) in [6, 6.07) is 0. The maximum absolute atomic E-state index is 8.25. The minimum Gasteiger partial charge on any atom is -0.356 e. The van der Waals surface area contributed by atoms with Crippen molar-refractivity contribution in [2.75, 3.05) is 19.6 Å². The Bertz CT molecular complexity index is 166. The molecule has 0 fully saturated rings. The fraction of sp³-hybridized carbons (Fsp3) is 1.00. The van der Waals surface area contributed by atoms with Crippen LogP contribution >= 0.6 is 0 Å². The van der Waals surface area contributed by atoms with Crippen LogP contribution in [0.25, 0.3) is 0 Å². The second-order valence-electron chi connectivity index (χ2n) is 5.77. The first kappa shape index (κ1) is 18.5. The Labute approximate surface area is 105 Å². The Hall–Kier alpha value is -0.840. The average Bonchev–Trinajstić information content (AvgIpc) is 1.96. The van der Waals surface area contributed by atoms with E-state index < -0.39 is 5.09 Å². The molecule has 0 amide bonds. The van der Waals surface area contributed by atoms with Gasteiger partial charge in [0.05, 0.1) is 24.7 Å². The molecule has 5 heteroatoms. The summed E-state index contributed by atoms with van der Waals surface area (Å²) >= 11 is 0. The maximum Gasteiger partial charge on any atom is 0.0794 e. The van der Waals surface area contributed by atoms with E-state index >= 15 is 0 Å². The summed E-state index contributed by atoms with van der Waals surface area (Å²) in [5.41, 5.74) is 0. The molecule has 0 bridgehead atoms. The lowest BCUT2D eigenvalue weighted by Crippen LogP contribution is -3.13. The minimum absolute atomic E-state index is 0.826. The van der Waals surface area contributed by atoms with Crippen molar-refractivity contribution in [1.82, 2.24) is 0 Å². The van der Waals surface area contributed by atoms with Gasteiger partial charge in [0.2, 0.25) is 0 Å². The Kier molecular flexibility index (Phi) is 11.2. The van der Waals surface area contributed by atoms with Gasteiger partial charge >= 0.3 is 0 Å². The highest BCUT2D eigenvalue weighted by molar-refractivity contribution is 4.45. The Morgan fingerprint density at radius 3 is 1.12 bits per heavy atom. The predicted molar refractivity (Wildman–Crippen MR) is 70.4 cm³/mol. The van der Waals surface area contributed by atoms with Crippen LogP contribution < -0.4 is 4.90 Å². The second kappa shape index (κ2) is 10.3. The number of hydrogen-bond donors (Lipinski definition) is 1. The molecule has 0 atom stereocenters. The van der Waals surface area contributed by atoms with Gasteiger partial charge in [-0.05, 0) is 0 Å². The molecule has 0 radical (unpaired) electrons. The van der Waals surface area contributed by atoms with Crippen molar-refractivity contribution in [2.24, 2.45) is 17.8 Å². The number of rotatable bonds is 6. The first-order chi connectivity index (χ1) is 7.65. The highest BCUT2D eigenvalue weighted by atomic mass is 16.9. The predicted octanol–water partition coefficient (Wildman–Crippen LogP) is 1.60. The summed E-state index contributed by atoms with van der Waals surface area (Å²) in [6.07, 6.45) is 0. The van der Waals surface area contributed by atoms with Crippen LogP contribution in [0, 0.1) is 33.1 Å². The highest BCUT2D eigenvalue weighted by Gasteiger charge is 2.13.